The average Bonchev–Trinajstić information content (AvgIpc) is 2.38. The lowest BCUT2D eigenvalue weighted by Gasteiger charge is -2.13. The zero-order valence-corrected chi connectivity index (χ0v) is 11.1. The first kappa shape index (κ1) is 13.3. The van der Waals surface area contributed by atoms with Crippen molar-refractivity contribution < 1.29 is 9.53 Å². The summed E-state index contributed by atoms with van der Waals surface area (Å²) in [5.74, 6) is 0.578. The van der Waals surface area contributed by atoms with Crippen LogP contribution < -0.4 is 10.2 Å². The van der Waals surface area contributed by atoms with E-state index in [9.17, 15) is 9.59 Å². The molecule has 0 spiro atoms. The molecule has 0 bridgehead atoms. The minimum absolute atomic E-state index is 0.307. The first-order valence-corrected chi connectivity index (χ1v) is 5.86. The SMILES string of the molecule is COc1ccccc1-n1nc(C(=O)Cl)c(=O)cc1C. The Hall–Kier alpha value is -2.14. The molecule has 2 aromatic rings. The van der Waals surface area contributed by atoms with Gasteiger partial charge >= 0.3 is 0 Å². The maximum atomic E-state index is 11.6. The number of aryl methyl sites for hydroxylation is 1. The number of benzene rings is 1. The van der Waals surface area contributed by atoms with Crippen LogP contribution in [0.4, 0.5) is 0 Å². The first-order valence-electron chi connectivity index (χ1n) is 5.49. The van der Waals surface area contributed by atoms with Crippen LogP contribution >= 0.6 is 11.6 Å². The normalized spacial score (nSPS) is 10.3. The van der Waals surface area contributed by atoms with Crippen LogP contribution in [-0.4, -0.2) is 22.1 Å². The number of hydrogen-bond acceptors (Lipinski definition) is 4. The van der Waals surface area contributed by atoms with E-state index in [1.54, 1.807) is 25.1 Å². The van der Waals surface area contributed by atoms with Crippen molar-refractivity contribution in [2.75, 3.05) is 7.11 Å². The fourth-order valence-corrected chi connectivity index (χ4v) is 1.86. The maximum Gasteiger partial charge on any atom is 0.276 e. The number of halogens is 1. The lowest BCUT2D eigenvalue weighted by molar-refractivity contribution is 0.107. The van der Waals surface area contributed by atoms with E-state index in [0.29, 0.717) is 17.1 Å². The van der Waals surface area contributed by atoms with Gasteiger partial charge in [0, 0.05) is 11.8 Å². The number of carbonyl (C=O) groups excluding carboxylic acids is 1. The third-order valence-electron chi connectivity index (χ3n) is 2.61. The Morgan fingerprint density at radius 3 is 2.68 bits per heavy atom. The topological polar surface area (TPSA) is 61.2 Å². The molecular formula is C13H11ClN2O3. The van der Waals surface area contributed by atoms with E-state index in [1.807, 2.05) is 6.07 Å². The van der Waals surface area contributed by atoms with Crippen molar-refractivity contribution in [1.29, 1.82) is 0 Å². The van der Waals surface area contributed by atoms with Gasteiger partial charge < -0.3 is 4.74 Å². The number of hydrogen-bond donors (Lipinski definition) is 0. The van der Waals surface area contributed by atoms with Gasteiger partial charge in [-0.3, -0.25) is 9.59 Å². The summed E-state index contributed by atoms with van der Waals surface area (Å²) in [6.07, 6.45) is 0. The second-order valence-corrected chi connectivity index (χ2v) is 4.20. The zero-order valence-electron chi connectivity index (χ0n) is 10.4. The maximum absolute atomic E-state index is 11.6. The van der Waals surface area contributed by atoms with E-state index in [2.05, 4.69) is 5.10 Å². The number of rotatable bonds is 3. The Morgan fingerprint density at radius 1 is 1.37 bits per heavy atom. The van der Waals surface area contributed by atoms with Crippen LogP contribution in [0.5, 0.6) is 5.75 Å². The van der Waals surface area contributed by atoms with Crippen molar-refractivity contribution >= 4 is 16.8 Å². The number of aromatic nitrogens is 2. The Bertz CT molecular complexity index is 695. The molecule has 1 heterocycles. The molecule has 0 saturated carbocycles. The fraction of sp³-hybridized carbons (Fsp3) is 0.154. The van der Waals surface area contributed by atoms with E-state index < -0.39 is 10.7 Å². The van der Waals surface area contributed by atoms with Gasteiger partial charge in [0.1, 0.15) is 11.4 Å². The molecule has 5 nitrogen and oxygen atoms in total. The van der Waals surface area contributed by atoms with Crippen molar-refractivity contribution in [3.05, 3.63) is 51.9 Å². The highest BCUT2D eigenvalue weighted by Gasteiger charge is 2.14. The standard InChI is InChI=1S/C13H11ClN2O3/c1-8-7-10(17)12(13(14)18)15-16(8)9-5-3-4-6-11(9)19-2/h3-7H,1-2H3. The van der Waals surface area contributed by atoms with Crippen LogP contribution in [0.15, 0.2) is 35.1 Å². The minimum Gasteiger partial charge on any atom is -0.494 e. The molecule has 0 radical (unpaired) electrons. The monoisotopic (exact) mass is 278 g/mol. The lowest BCUT2D eigenvalue weighted by atomic mass is 10.2. The minimum atomic E-state index is -0.881. The highest BCUT2D eigenvalue weighted by molar-refractivity contribution is 6.67. The molecule has 0 N–H and O–H groups in total. The van der Waals surface area contributed by atoms with E-state index >= 15 is 0 Å². The number of nitrogens with zero attached hydrogens (tertiary/aromatic N) is 2. The van der Waals surface area contributed by atoms with Crippen molar-refractivity contribution in [1.82, 2.24) is 9.78 Å². The van der Waals surface area contributed by atoms with Gasteiger partial charge in [-0.2, -0.15) is 5.10 Å². The molecular weight excluding hydrogens is 268 g/mol. The molecule has 0 aliphatic heterocycles. The largest absolute Gasteiger partial charge is 0.494 e. The summed E-state index contributed by atoms with van der Waals surface area (Å²) in [5.41, 5.74) is 0.402. The molecule has 98 valence electrons. The molecule has 0 saturated heterocycles. The summed E-state index contributed by atoms with van der Waals surface area (Å²) in [4.78, 5) is 22.8. The zero-order chi connectivity index (χ0) is 14.0. The number of ether oxygens (including phenoxy) is 1. The van der Waals surface area contributed by atoms with E-state index in [1.165, 1.54) is 17.9 Å². The van der Waals surface area contributed by atoms with Gasteiger partial charge in [0.15, 0.2) is 5.69 Å². The fourth-order valence-electron chi connectivity index (χ4n) is 1.73. The summed E-state index contributed by atoms with van der Waals surface area (Å²) in [7, 11) is 1.53. The predicted molar refractivity (Wildman–Crippen MR) is 71.3 cm³/mol. The van der Waals surface area contributed by atoms with Gasteiger partial charge in [-0.15, -0.1) is 0 Å². The van der Waals surface area contributed by atoms with E-state index in [0.717, 1.165) is 0 Å². The van der Waals surface area contributed by atoms with Crippen LogP contribution in [0.3, 0.4) is 0 Å². The van der Waals surface area contributed by atoms with Gasteiger partial charge in [0.05, 0.1) is 7.11 Å². The molecule has 6 heteroatoms. The second-order valence-electron chi connectivity index (χ2n) is 3.86. The van der Waals surface area contributed by atoms with Crippen LogP contribution in [0, 0.1) is 6.92 Å². The number of para-hydroxylation sites is 2. The second kappa shape index (κ2) is 5.24. The summed E-state index contributed by atoms with van der Waals surface area (Å²) in [5, 5.41) is 3.11. The molecule has 0 aliphatic carbocycles. The Kier molecular flexibility index (Phi) is 3.66. The van der Waals surface area contributed by atoms with E-state index in [-0.39, 0.29) is 5.69 Å². The van der Waals surface area contributed by atoms with Gasteiger partial charge in [-0.1, -0.05) is 12.1 Å². The van der Waals surface area contributed by atoms with Crippen LogP contribution in [0.1, 0.15) is 16.2 Å². The third-order valence-corrected chi connectivity index (χ3v) is 2.79. The van der Waals surface area contributed by atoms with Crippen molar-refractivity contribution in [2.45, 2.75) is 6.92 Å². The highest BCUT2D eigenvalue weighted by Crippen LogP contribution is 2.22. The summed E-state index contributed by atoms with van der Waals surface area (Å²) in [6.45, 7) is 1.71. The van der Waals surface area contributed by atoms with Gasteiger partial charge in [0.2, 0.25) is 5.43 Å². The van der Waals surface area contributed by atoms with Gasteiger partial charge in [-0.05, 0) is 30.7 Å². The highest BCUT2D eigenvalue weighted by atomic mass is 35.5. The number of carbonyl (C=O) groups is 1. The molecule has 1 aromatic heterocycles. The van der Waals surface area contributed by atoms with E-state index in [4.69, 9.17) is 16.3 Å². The lowest BCUT2D eigenvalue weighted by Crippen LogP contribution is -2.20. The Labute approximate surface area is 114 Å². The summed E-state index contributed by atoms with van der Waals surface area (Å²) >= 11 is 5.35. The Balaban J connectivity index is 2.72. The summed E-state index contributed by atoms with van der Waals surface area (Å²) in [6, 6.07) is 8.46. The summed E-state index contributed by atoms with van der Waals surface area (Å²) < 4.78 is 6.68. The quantitative estimate of drug-likeness (QED) is 0.805. The molecule has 0 aliphatic rings. The molecule has 19 heavy (non-hydrogen) atoms. The van der Waals surface area contributed by atoms with Crippen molar-refractivity contribution in [3.8, 4) is 11.4 Å². The molecule has 0 fully saturated rings. The molecule has 0 unspecified atom stereocenters. The average molecular weight is 279 g/mol. The van der Waals surface area contributed by atoms with Crippen LogP contribution in [-0.2, 0) is 0 Å². The molecule has 1 aromatic carbocycles. The Morgan fingerprint density at radius 2 is 2.05 bits per heavy atom. The molecule has 0 atom stereocenters. The van der Waals surface area contributed by atoms with Crippen LogP contribution in [0.25, 0.3) is 5.69 Å². The first-order chi connectivity index (χ1) is 9.04. The van der Waals surface area contributed by atoms with Crippen molar-refractivity contribution in [2.24, 2.45) is 0 Å². The molecule has 0 amide bonds. The van der Waals surface area contributed by atoms with Crippen LogP contribution in [0.2, 0.25) is 0 Å². The number of methoxy groups -OCH3 is 1. The third kappa shape index (κ3) is 2.51. The predicted octanol–water partition coefficient (Wildman–Crippen LogP) is 1.93. The smallest absolute Gasteiger partial charge is 0.276 e. The van der Waals surface area contributed by atoms with Gasteiger partial charge in [-0.25, -0.2) is 4.68 Å². The van der Waals surface area contributed by atoms with Crippen molar-refractivity contribution in [3.63, 3.8) is 0 Å². The molecule has 2 rings (SSSR count). The van der Waals surface area contributed by atoms with Gasteiger partial charge in [0.25, 0.3) is 5.24 Å².